The number of nitrogens with two attached hydrogens (primary N) is 1. The summed E-state index contributed by atoms with van der Waals surface area (Å²) in [6, 6.07) is 9.58. The Morgan fingerprint density at radius 1 is 1.12 bits per heavy atom. The van der Waals surface area contributed by atoms with Crippen molar-refractivity contribution in [1.29, 1.82) is 0 Å². The molecule has 0 fully saturated rings. The minimum atomic E-state index is -0.565. The molecule has 4 aromatic rings. The van der Waals surface area contributed by atoms with E-state index in [1.165, 1.54) is 0 Å². The molecule has 0 bridgehead atoms. The van der Waals surface area contributed by atoms with Crippen LogP contribution in [-0.4, -0.2) is 25.8 Å². The normalized spacial score (nSPS) is 11.2. The first kappa shape index (κ1) is 14.3. The Morgan fingerprint density at radius 3 is 2.62 bits per heavy atom. The molecule has 0 spiro atoms. The minimum absolute atomic E-state index is 0.235. The van der Waals surface area contributed by atoms with Crippen molar-refractivity contribution in [3.63, 3.8) is 0 Å². The number of hydrogen-bond acceptors (Lipinski definition) is 4. The van der Waals surface area contributed by atoms with E-state index < -0.39 is 5.91 Å². The summed E-state index contributed by atoms with van der Waals surface area (Å²) in [5.74, 6) is -0.118. The molecule has 6 nitrogen and oxygen atoms in total. The predicted octanol–water partition coefficient (Wildman–Crippen LogP) is 2.83. The zero-order valence-electron chi connectivity index (χ0n) is 13.1. The van der Waals surface area contributed by atoms with Crippen LogP contribution in [-0.2, 0) is 6.42 Å². The molecule has 1 amide bonds. The number of amides is 1. The maximum atomic E-state index is 12.0. The van der Waals surface area contributed by atoms with E-state index >= 15 is 0 Å². The molecule has 0 radical (unpaired) electrons. The van der Waals surface area contributed by atoms with E-state index in [0.717, 1.165) is 28.5 Å². The molecule has 24 heavy (non-hydrogen) atoms. The highest BCUT2D eigenvalue weighted by Crippen LogP contribution is 2.31. The second-order valence-electron chi connectivity index (χ2n) is 5.54. The molecule has 3 aromatic heterocycles. The number of fused-ring (bicyclic) bond motifs is 3. The quantitative estimate of drug-likeness (QED) is 0.607. The summed E-state index contributed by atoms with van der Waals surface area (Å²) < 4.78 is 0. The van der Waals surface area contributed by atoms with Gasteiger partial charge in [0.25, 0.3) is 5.91 Å². The number of nitrogens with one attached hydrogen (secondary N) is 1. The fourth-order valence-corrected chi connectivity index (χ4v) is 3.02. The van der Waals surface area contributed by atoms with E-state index in [-0.39, 0.29) is 5.69 Å². The molecule has 118 valence electrons. The lowest BCUT2D eigenvalue weighted by molar-refractivity contribution is 0.0997. The third-order valence-corrected chi connectivity index (χ3v) is 4.12. The summed E-state index contributed by atoms with van der Waals surface area (Å²) in [6.07, 6.45) is 4.16. The summed E-state index contributed by atoms with van der Waals surface area (Å²) in [6.45, 7) is 2.07. The number of aryl methyl sites for hydroxylation is 1. The number of pyridine rings is 1. The first-order valence-electron chi connectivity index (χ1n) is 7.70. The predicted molar refractivity (Wildman–Crippen MR) is 92.5 cm³/mol. The summed E-state index contributed by atoms with van der Waals surface area (Å²) in [5, 5.41) is 1.65. The molecule has 0 aliphatic rings. The van der Waals surface area contributed by atoms with E-state index in [2.05, 4.69) is 26.9 Å². The largest absolute Gasteiger partial charge is 0.364 e. The lowest BCUT2D eigenvalue weighted by Crippen LogP contribution is -2.14. The van der Waals surface area contributed by atoms with Crippen LogP contribution >= 0.6 is 0 Å². The lowest BCUT2D eigenvalue weighted by atomic mass is 10.0. The zero-order chi connectivity index (χ0) is 16.7. The van der Waals surface area contributed by atoms with Crippen molar-refractivity contribution in [3.05, 3.63) is 54.0 Å². The number of benzene rings is 1. The average molecular weight is 317 g/mol. The SMILES string of the molecule is CCc1cccc2[nH]c3nc(-c4ccncc4)nc(C(N)=O)c3c12. The van der Waals surface area contributed by atoms with Crippen LogP contribution < -0.4 is 5.73 Å². The van der Waals surface area contributed by atoms with Gasteiger partial charge in [0, 0.05) is 28.9 Å². The molecule has 1 aromatic carbocycles. The van der Waals surface area contributed by atoms with Crippen LogP contribution in [0.3, 0.4) is 0 Å². The number of carbonyl (C=O) groups excluding carboxylic acids is 1. The molecule has 0 atom stereocenters. The molecule has 0 saturated heterocycles. The highest BCUT2D eigenvalue weighted by molar-refractivity contribution is 6.16. The molecule has 4 rings (SSSR count). The Kier molecular flexibility index (Phi) is 3.23. The summed E-state index contributed by atoms with van der Waals surface area (Å²) in [4.78, 5) is 28.4. The van der Waals surface area contributed by atoms with Gasteiger partial charge in [0.2, 0.25) is 0 Å². The van der Waals surface area contributed by atoms with Gasteiger partial charge >= 0.3 is 0 Å². The van der Waals surface area contributed by atoms with E-state index in [0.29, 0.717) is 16.9 Å². The van der Waals surface area contributed by atoms with Crippen molar-refractivity contribution >= 4 is 27.8 Å². The van der Waals surface area contributed by atoms with Crippen LogP contribution in [0.25, 0.3) is 33.3 Å². The fraction of sp³-hybridized carbons (Fsp3) is 0.111. The molecular weight excluding hydrogens is 302 g/mol. The van der Waals surface area contributed by atoms with Gasteiger partial charge in [0.1, 0.15) is 11.3 Å². The topological polar surface area (TPSA) is 97.6 Å². The Balaban J connectivity index is 2.13. The Hall–Kier alpha value is -3.28. The van der Waals surface area contributed by atoms with E-state index in [1.807, 2.05) is 18.2 Å². The summed E-state index contributed by atoms with van der Waals surface area (Å²) in [7, 11) is 0. The van der Waals surface area contributed by atoms with Gasteiger partial charge in [0.15, 0.2) is 5.82 Å². The molecule has 0 unspecified atom stereocenters. The molecule has 0 aliphatic carbocycles. The molecular formula is C18H15N5O. The highest BCUT2D eigenvalue weighted by atomic mass is 16.1. The van der Waals surface area contributed by atoms with Crippen LogP contribution in [0.2, 0.25) is 0 Å². The van der Waals surface area contributed by atoms with Gasteiger partial charge in [-0.15, -0.1) is 0 Å². The summed E-state index contributed by atoms with van der Waals surface area (Å²) in [5.41, 5.74) is 9.29. The van der Waals surface area contributed by atoms with Crippen molar-refractivity contribution in [2.45, 2.75) is 13.3 Å². The number of aromatic nitrogens is 4. The van der Waals surface area contributed by atoms with Gasteiger partial charge in [-0.1, -0.05) is 19.1 Å². The second kappa shape index (κ2) is 5.42. The maximum absolute atomic E-state index is 12.0. The first-order chi connectivity index (χ1) is 11.7. The van der Waals surface area contributed by atoms with Crippen molar-refractivity contribution in [1.82, 2.24) is 19.9 Å². The molecule has 0 aliphatic heterocycles. The van der Waals surface area contributed by atoms with Crippen molar-refractivity contribution in [2.75, 3.05) is 0 Å². The smallest absolute Gasteiger partial charge is 0.268 e. The van der Waals surface area contributed by atoms with Gasteiger partial charge in [-0.25, -0.2) is 9.97 Å². The average Bonchev–Trinajstić information content (AvgIpc) is 2.99. The van der Waals surface area contributed by atoms with Crippen LogP contribution in [0.5, 0.6) is 0 Å². The first-order valence-corrected chi connectivity index (χ1v) is 7.70. The standard InChI is InChI=1S/C18H15N5O/c1-2-10-4-3-5-12-13(10)14-15(16(19)24)22-17(23-18(14)21-12)11-6-8-20-9-7-11/h3-9H,2H2,1H3,(H2,19,24)(H,21,22,23). The maximum Gasteiger partial charge on any atom is 0.268 e. The van der Waals surface area contributed by atoms with Crippen LogP contribution in [0, 0.1) is 0 Å². The summed E-state index contributed by atoms with van der Waals surface area (Å²) >= 11 is 0. The number of carbonyl (C=O) groups is 1. The number of rotatable bonds is 3. The Morgan fingerprint density at radius 2 is 1.92 bits per heavy atom. The van der Waals surface area contributed by atoms with Crippen molar-refractivity contribution in [3.8, 4) is 11.4 Å². The molecule has 0 saturated carbocycles. The highest BCUT2D eigenvalue weighted by Gasteiger charge is 2.19. The van der Waals surface area contributed by atoms with E-state index in [9.17, 15) is 4.79 Å². The lowest BCUT2D eigenvalue weighted by Gasteiger charge is -2.05. The molecule has 3 N–H and O–H groups in total. The van der Waals surface area contributed by atoms with Gasteiger partial charge in [-0.05, 0) is 30.2 Å². The van der Waals surface area contributed by atoms with E-state index in [4.69, 9.17) is 5.73 Å². The third-order valence-electron chi connectivity index (χ3n) is 4.12. The van der Waals surface area contributed by atoms with Gasteiger partial charge < -0.3 is 10.7 Å². The van der Waals surface area contributed by atoms with Crippen LogP contribution in [0.4, 0.5) is 0 Å². The number of H-pyrrole nitrogens is 1. The third kappa shape index (κ3) is 2.11. The van der Waals surface area contributed by atoms with Gasteiger partial charge in [-0.2, -0.15) is 0 Å². The van der Waals surface area contributed by atoms with Gasteiger partial charge in [-0.3, -0.25) is 9.78 Å². The van der Waals surface area contributed by atoms with Crippen molar-refractivity contribution < 1.29 is 4.79 Å². The zero-order valence-corrected chi connectivity index (χ0v) is 13.1. The number of primary amides is 1. The number of nitrogens with zero attached hydrogens (tertiary/aromatic N) is 3. The van der Waals surface area contributed by atoms with Crippen LogP contribution in [0.15, 0.2) is 42.7 Å². The fourth-order valence-electron chi connectivity index (χ4n) is 3.02. The van der Waals surface area contributed by atoms with E-state index in [1.54, 1.807) is 24.5 Å². The van der Waals surface area contributed by atoms with Crippen molar-refractivity contribution in [2.24, 2.45) is 5.73 Å². The minimum Gasteiger partial charge on any atom is -0.364 e. The number of aromatic amines is 1. The Bertz CT molecular complexity index is 1070. The molecule has 3 heterocycles. The second-order valence-corrected chi connectivity index (χ2v) is 5.54. The van der Waals surface area contributed by atoms with Gasteiger partial charge in [0.05, 0.1) is 5.39 Å². The molecule has 6 heteroatoms. The monoisotopic (exact) mass is 317 g/mol. The Labute approximate surface area is 137 Å². The van der Waals surface area contributed by atoms with Crippen LogP contribution in [0.1, 0.15) is 23.0 Å². The number of hydrogen-bond donors (Lipinski definition) is 2.